The molecule has 1 aromatic rings. The quantitative estimate of drug-likeness (QED) is 0.539. The van der Waals surface area contributed by atoms with Crippen LogP contribution in [0.2, 0.25) is 5.02 Å². The van der Waals surface area contributed by atoms with Crippen molar-refractivity contribution in [2.75, 3.05) is 20.0 Å². The molecule has 1 rings (SSSR count). The van der Waals surface area contributed by atoms with Gasteiger partial charge in [-0.05, 0) is 12.1 Å². The van der Waals surface area contributed by atoms with Crippen LogP contribution in [0.4, 0.5) is 5.69 Å². The van der Waals surface area contributed by atoms with Gasteiger partial charge in [-0.3, -0.25) is 0 Å². The minimum Gasteiger partial charge on any atom is -0.467 e. The van der Waals surface area contributed by atoms with Crippen molar-refractivity contribution in [1.29, 1.82) is 0 Å². The normalized spacial score (nSPS) is 13.4. The second kappa shape index (κ2) is 6.56. The third kappa shape index (κ3) is 3.19. The van der Waals surface area contributed by atoms with E-state index in [9.17, 15) is 19.8 Å². The highest BCUT2D eigenvalue weighted by Gasteiger charge is 2.29. The summed E-state index contributed by atoms with van der Waals surface area (Å²) in [6.45, 7) is 0. The summed E-state index contributed by atoms with van der Waals surface area (Å²) in [4.78, 5) is 22.7. The number of carbonyl (C=O) groups is 2. The summed E-state index contributed by atoms with van der Waals surface area (Å²) in [6.07, 6.45) is -3.51. The molecule has 0 amide bonds. The van der Waals surface area contributed by atoms with E-state index in [4.69, 9.17) is 17.3 Å². The Morgan fingerprint density at radius 3 is 2.35 bits per heavy atom. The van der Waals surface area contributed by atoms with Crippen LogP contribution in [-0.4, -0.2) is 42.5 Å². The Morgan fingerprint density at radius 2 is 1.85 bits per heavy atom. The summed E-state index contributed by atoms with van der Waals surface area (Å²) in [7, 11) is 2.22. The number of hydrogen-bond donors (Lipinski definition) is 3. The Kier molecular flexibility index (Phi) is 5.32. The molecule has 0 aromatic heterocycles. The van der Waals surface area contributed by atoms with Crippen molar-refractivity contribution in [2.45, 2.75) is 12.2 Å². The minimum absolute atomic E-state index is 0.00870. The number of anilines is 1. The fourth-order valence-corrected chi connectivity index (χ4v) is 1.82. The Balaban J connectivity index is 3.24. The molecule has 8 heteroatoms. The number of methoxy groups -OCH3 is 2. The Labute approximate surface area is 119 Å². The average molecular weight is 304 g/mol. The zero-order valence-corrected chi connectivity index (χ0v) is 11.5. The van der Waals surface area contributed by atoms with Crippen molar-refractivity contribution in [1.82, 2.24) is 0 Å². The summed E-state index contributed by atoms with van der Waals surface area (Å²) >= 11 is 5.88. The van der Waals surface area contributed by atoms with Crippen LogP contribution in [-0.2, 0) is 14.3 Å². The van der Waals surface area contributed by atoms with Crippen LogP contribution in [0.25, 0.3) is 0 Å². The molecule has 20 heavy (non-hydrogen) atoms. The maximum absolute atomic E-state index is 11.5. The number of halogens is 1. The first-order valence-corrected chi connectivity index (χ1v) is 5.82. The van der Waals surface area contributed by atoms with Gasteiger partial charge in [-0.2, -0.15) is 0 Å². The second-order valence-electron chi connectivity index (χ2n) is 3.87. The lowest BCUT2D eigenvalue weighted by molar-refractivity contribution is -0.156. The first-order chi connectivity index (χ1) is 9.33. The van der Waals surface area contributed by atoms with Crippen molar-refractivity contribution in [2.24, 2.45) is 0 Å². The van der Waals surface area contributed by atoms with E-state index in [2.05, 4.69) is 9.47 Å². The van der Waals surface area contributed by atoms with Gasteiger partial charge >= 0.3 is 11.9 Å². The van der Waals surface area contributed by atoms with Crippen molar-refractivity contribution in [3.63, 3.8) is 0 Å². The zero-order chi connectivity index (χ0) is 15.4. The number of ether oxygens (including phenoxy) is 2. The molecule has 0 bridgehead atoms. The Morgan fingerprint density at radius 1 is 1.25 bits per heavy atom. The van der Waals surface area contributed by atoms with Crippen LogP contribution >= 0.6 is 11.6 Å². The van der Waals surface area contributed by atoms with Gasteiger partial charge in [0.05, 0.1) is 19.8 Å². The molecule has 0 radical (unpaired) electrons. The molecule has 0 spiro atoms. The molecule has 0 saturated heterocycles. The summed E-state index contributed by atoms with van der Waals surface area (Å²) in [5.74, 6) is -1.77. The van der Waals surface area contributed by atoms with E-state index in [-0.39, 0.29) is 21.8 Å². The molecule has 0 aliphatic heterocycles. The number of esters is 2. The molecule has 4 N–H and O–H groups in total. The smallest absolute Gasteiger partial charge is 0.339 e. The summed E-state index contributed by atoms with van der Waals surface area (Å²) in [5, 5.41) is 19.5. The molecule has 0 fully saturated rings. The van der Waals surface area contributed by atoms with Crippen molar-refractivity contribution >= 4 is 29.2 Å². The number of benzene rings is 1. The van der Waals surface area contributed by atoms with E-state index in [1.54, 1.807) is 0 Å². The minimum atomic E-state index is -1.84. The number of aliphatic hydroxyl groups excluding tert-OH is 2. The fourth-order valence-electron chi connectivity index (χ4n) is 1.54. The lowest BCUT2D eigenvalue weighted by atomic mass is 10.0. The van der Waals surface area contributed by atoms with Gasteiger partial charge in [0.2, 0.25) is 0 Å². The number of hydrogen-bond acceptors (Lipinski definition) is 7. The summed E-state index contributed by atoms with van der Waals surface area (Å²) < 4.78 is 8.83. The van der Waals surface area contributed by atoms with Gasteiger partial charge in [0, 0.05) is 16.3 Å². The molecule has 1 aromatic carbocycles. The molecule has 0 aliphatic rings. The highest BCUT2D eigenvalue weighted by atomic mass is 35.5. The molecule has 0 aliphatic carbocycles. The highest BCUT2D eigenvalue weighted by Crippen LogP contribution is 2.30. The third-order valence-corrected chi connectivity index (χ3v) is 2.96. The largest absolute Gasteiger partial charge is 0.467 e. The van der Waals surface area contributed by atoms with Crippen LogP contribution in [0.3, 0.4) is 0 Å². The Hall–Kier alpha value is -1.83. The third-order valence-electron chi connectivity index (χ3n) is 2.63. The number of nitrogens with two attached hydrogens (primary N) is 1. The van der Waals surface area contributed by atoms with E-state index >= 15 is 0 Å². The van der Waals surface area contributed by atoms with Gasteiger partial charge in [0.1, 0.15) is 6.10 Å². The maximum atomic E-state index is 11.5. The van der Waals surface area contributed by atoms with Crippen LogP contribution in [0.1, 0.15) is 22.0 Å². The van der Waals surface area contributed by atoms with Crippen molar-refractivity contribution < 1.29 is 29.3 Å². The van der Waals surface area contributed by atoms with Crippen molar-refractivity contribution in [3.05, 3.63) is 28.3 Å². The van der Waals surface area contributed by atoms with Gasteiger partial charge in [0.15, 0.2) is 6.10 Å². The lowest BCUT2D eigenvalue weighted by Crippen LogP contribution is -2.29. The monoisotopic (exact) mass is 303 g/mol. The predicted octanol–water partition coefficient (Wildman–Crippen LogP) is 0.276. The van der Waals surface area contributed by atoms with Crippen LogP contribution in [0.5, 0.6) is 0 Å². The number of aliphatic hydroxyl groups is 2. The second-order valence-corrected chi connectivity index (χ2v) is 4.27. The van der Waals surface area contributed by atoms with Crippen molar-refractivity contribution in [3.8, 4) is 0 Å². The van der Waals surface area contributed by atoms with Crippen LogP contribution in [0.15, 0.2) is 12.1 Å². The molecule has 7 nitrogen and oxygen atoms in total. The summed E-state index contributed by atoms with van der Waals surface area (Å²) in [5.41, 5.74) is 5.57. The molecule has 0 heterocycles. The molecular formula is C12H14ClNO6. The van der Waals surface area contributed by atoms with Crippen LogP contribution in [0, 0.1) is 0 Å². The predicted molar refractivity (Wildman–Crippen MR) is 70.2 cm³/mol. The first kappa shape index (κ1) is 16.2. The molecule has 2 atom stereocenters. The first-order valence-electron chi connectivity index (χ1n) is 5.44. The van der Waals surface area contributed by atoms with Crippen LogP contribution < -0.4 is 5.73 Å². The topological polar surface area (TPSA) is 119 Å². The van der Waals surface area contributed by atoms with Gasteiger partial charge in [-0.15, -0.1) is 0 Å². The van der Waals surface area contributed by atoms with Gasteiger partial charge in [-0.1, -0.05) is 11.6 Å². The van der Waals surface area contributed by atoms with Gasteiger partial charge in [0.25, 0.3) is 0 Å². The van der Waals surface area contributed by atoms with E-state index in [0.29, 0.717) is 0 Å². The number of nitrogen functional groups attached to an aromatic ring is 1. The average Bonchev–Trinajstić information content (AvgIpc) is 2.44. The van der Waals surface area contributed by atoms with E-state index < -0.39 is 24.1 Å². The molecule has 110 valence electrons. The maximum Gasteiger partial charge on any atom is 0.339 e. The highest BCUT2D eigenvalue weighted by molar-refractivity contribution is 6.32. The van der Waals surface area contributed by atoms with Gasteiger partial charge in [-0.25, -0.2) is 9.59 Å². The lowest BCUT2D eigenvalue weighted by Gasteiger charge is -2.18. The van der Waals surface area contributed by atoms with E-state index in [1.165, 1.54) is 6.07 Å². The summed E-state index contributed by atoms with van der Waals surface area (Å²) in [6, 6.07) is 2.37. The van der Waals surface area contributed by atoms with E-state index in [1.807, 2.05) is 0 Å². The fraction of sp³-hybridized carbons (Fsp3) is 0.333. The zero-order valence-electron chi connectivity index (χ0n) is 10.8. The SMILES string of the molecule is COC(=O)c1cc(C(O)C(O)C(=O)OC)c(Cl)cc1N. The number of rotatable bonds is 4. The van der Waals surface area contributed by atoms with Gasteiger partial charge < -0.3 is 25.4 Å². The standard InChI is InChI=1S/C12H14ClNO6/c1-19-11(17)6-3-5(7(13)4-8(6)14)9(15)10(16)12(18)20-2/h3-4,9-10,15-16H,14H2,1-2H3. The van der Waals surface area contributed by atoms with E-state index in [0.717, 1.165) is 20.3 Å². The molecule has 2 unspecified atom stereocenters. The number of carbonyl (C=O) groups excluding carboxylic acids is 2. The molecular weight excluding hydrogens is 290 g/mol. The molecule has 0 saturated carbocycles. The Bertz CT molecular complexity index is 533.